The lowest BCUT2D eigenvalue weighted by molar-refractivity contribution is 0.566. The number of hydrogen-bond acceptors (Lipinski definition) is 0. The Morgan fingerprint density at radius 3 is 1.56 bits per heavy atom. The van der Waals surface area contributed by atoms with Crippen LogP contribution < -0.4 is 0 Å². The summed E-state index contributed by atoms with van der Waals surface area (Å²) < 4.78 is 54.1. The van der Waals surface area contributed by atoms with Crippen LogP contribution in [0, 0.1) is 37.1 Å². The van der Waals surface area contributed by atoms with Crippen molar-refractivity contribution >= 4 is 0 Å². The number of hydrogen-bond donors (Lipinski definition) is 0. The predicted octanol–water partition coefficient (Wildman–Crippen LogP) is 4.53. The van der Waals surface area contributed by atoms with Gasteiger partial charge in [-0.1, -0.05) is 0 Å². The Hall–Kier alpha value is -1.84. The highest BCUT2D eigenvalue weighted by Gasteiger charge is 2.15. The molecule has 2 aromatic rings. The summed E-state index contributed by atoms with van der Waals surface area (Å²) in [5.74, 6) is -3.33. The molecule has 0 radical (unpaired) electrons. The summed E-state index contributed by atoms with van der Waals surface area (Å²) in [6.07, 6.45) is 0. The van der Waals surface area contributed by atoms with Crippen LogP contribution in [0.4, 0.5) is 17.6 Å². The molecule has 0 aliphatic heterocycles. The van der Waals surface area contributed by atoms with E-state index in [1.54, 1.807) is 0 Å². The van der Waals surface area contributed by atoms with Gasteiger partial charge in [-0.05, 0) is 49.2 Å². The molecule has 0 N–H and O–H groups in total. The van der Waals surface area contributed by atoms with Crippen LogP contribution in [0.1, 0.15) is 11.1 Å². The fourth-order valence-electron chi connectivity index (χ4n) is 1.77. The van der Waals surface area contributed by atoms with Crippen LogP contribution in [-0.4, -0.2) is 0 Å². The largest absolute Gasteiger partial charge is 0.207 e. The number of benzene rings is 2. The Kier molecular flexibility index (Phi) is 3.11. The van der Waals surface area contributed by atoms with Crippen LogP contribution >= 0.6 is 0 Å². The molecule has 4 heteroatoms. The molecule has 94 valence electrons. The highest BCUT2D eigenvalue weighted by atomic mass is 19.1. The molecule has 0 aliphatic rings. The Morgan fingerprint density at radius 1 is 0.667 bits per heavy atom. The van der Waals surface area contributed by atoms with E-state index in [4.69, 9.17) is 0 Å². The van der Waals surface area contributed by atoms with E-state index in [0.29, 0.717) is 5.56 Å². The summed E-state index contributed by atoms with van der Waals surface area (Å²) in [6, 6.07) is 4.09. The van der Waals surface area contributed by atoms with Gasteiger partial charge in [0.25, 0.3) is 0 Å². The molecule has 0 heterocycles. The van der Waals surface area contributed by atoms with Crippen molar-refractivity contribution in [1.29, 1.82) is 0 Å². The minimum Gasteiger partial charge on any atom is -0.207 e. The average Bonchev–Trinajstić information content (AvgIpc) is 2.24. The SMILES string of the molecule is Cc1cc(F)c(-c2cc(F)c(C)c(F)c2)c(F)c1. The second kappa shape index (κ2) is 4.44. The van der Waals surface area contributed by atoms with Gasteiger partial charge in [-0.2, -0.15) is 0 Å². The molecule has 0 saturated heterocycles. The Labute approximate surface area is 102 Å². The molecule has 0 fully saturated rings. The lowest BCUT2D eigenvalue weighted by atomic mass is 10.0. The van der Waals surface area contributed by atoms with Gasteiger partial charge in [0.2, 0.25) is 0 Å². The third-order valence-corrected chi connectivity index (χ3v) is 2.76. The topological polar surface area (TPSA) is 0 Å². The van der Waals surface area contributed by atoms with Gasteiger partial charge in [-0.25, -0.2) is 17.6 Å². The van der Waals surface area contributed by atoms with Crippen molar-refractivity contribution in [2.75, 3.05) is 0 Å². The van der Waals surface area contributed by atoms with Gasteiger partial charge < -0.3 is 0 Å². The van der Waals surface area contributed by atoms with Crippen molar-refractivity contribution in [2.24, 2.45) is 0 Å². The van der Waals surface area contributed by atoms with Gasteiger partial charge >= 0.3 is 0 Å². The normalized spacial score (nSPS) is 10.8. The van der Waals surface area contributed by atoms with Crippen LogP contribution in [0.3, 0.4) is 0 Å². The van der Waals surface area contributed by atoms with E-state index in [2.05, 4.69) is 0 Å². The van der Waals surface area contributed by atoms with E-state index in [0.717, 1.165) is 24.3 Å². The van der Waals surface area contributed by atoms with Crippen molar-refractivity contribution < 1.29 is 17.6 Å². The van der Waals surface area contributed by atoms with Gasteiger partial charge in [0.15, 0.2) is 0 Å². The molecular formula is C14H10F4. The van der Waals surface area contributed by atoms with Crippen molar-refractivity contribution in [3.8, 4) is 11.1 Å². The maximum absolute atomic E-state index is 13.7. The van der Waals surface area contributed by atoms with Crippen LogP contribution in [0.25, 0.3) is 11.1 Å². The van der Waals surface area contributed by atoms with Gasteiger partial charge in [-0.15, -0.1) is 0 Å². The molecule has 0 saturated carbocycles. The third kappa shape index (κ3) is 2.10. The third-order valence-electron chi connectivity index (χ3n) is 2.76. The van der Waals surface area contributed by atoms with Crippen molar-refractivity contribution in [1.82, 2.24) is 0 Å². The quantitative estimate of drug-likeness (QED) is 0.656. The molecule has 0 unspecified atom stereocenters. The van der Waals surface area contributed by atoms with Crippen molar-refractivity contribution in [2.45, 2.75) is 13.8 Å². The fourth-order valence-corrected chi connectivity index (χ4v) is 1.77. The summed E-state index contributed by atoms with van der Waals surface area (Å²) >= 11 is 0. The molecule has 0 aromatic heterocycles. The molecular weight excluding hydrogens is 244 g/mol. The molecule has 2 aromatic carbocycles. The van der Waals surface area contributed by atoms with Crippen LogP contribution in [-0.2, 0) is 0 Å². The van der Waals surface area contributed by atoms with Gasteiger partial charge in [0.05, 0.1) is 5.56 Å². The smallest absolute Gasteiger partial charge is 0.134 e. The summed E-state index contributed by atoms with van der Waals surface area (Å²) in [5.41, 5.74) is -0.336. The summed E-state index contributed by atoms with van der Waals surface area (Å²) in [7, 11) is 0. The van der Waals surface area contributed by atoms with Crippen LogP contribution in [0.15, 0.2) is 24.3 Å². The zero-order chi connectivity index (χ0) is 13.4. The van der Waals surface area contributed by atoms with Crippen LogP contribution in [0.2, 0.25) is 0 Å². The molecule has 0 nitrogen and oxygen atoms in total. The van der Waals surface area contributed by atoms with E-state index in [-0.39, 0.29) is 11.1 Å². The monoisotopic (exact) mass is 254 g/mol. The van der Waals surface area contributed by atoms with Crippen molar-refractivity contribution in [3.63, 3.8) is 0 Å². The lowest BCUT2D eigenvalue weighted by Crippen LogP contribution is -1.96. The van der Waals surface area contributed by atoms with E-state index < -0.39 is 28.8 Å². The molecule has 0 aliphatic carbocycles. The minimum absolute atomic E-state index is 0.148. The molecule has 0 bridgehead atoms. The van der Waals surface area contributed by atoms with Gasteiger partial charge in [-0.3, -0.25) is 0 Å². The van der Waals surface area contributed by atoms with E-state index in [1.807, 2.05) is 0 Å². The second-order valence-electron chi connectivity index (χ2n) is 4.17. The Balaban J connectivity index is 2.70. The molecule has 0 atom stereocenters. The highest BCUT2D eigenvalue weighted by Crippen LogP contribution is 2.29. The highest BCUT2D eigenvalue weighted by molar-refractivity contribution is 5.66. The van der Waals surface area contributed by atoms with Crippen LogP contribution in [0.5, 0.6) is 0 Å². The molecule has 0 amide bonds. The first kappa shape index (κ1) is 12.6. The van der Waals surface area contributed by atoms with Gasteiger partial charge in [0, 0.05) is 5.56 Å². The molecule has 2 rings (SSSR count). The molecule has 0 spiro atoms. The number of halogens is 4. The average molecular weight is 254 g/mol. The zero-order valence-electron chi connectivity index (χ0n) is 9.82. The maximum atomic E-state index is 13.7. The minimum atomic E-state index is -0.838. The number of rotatable bonds is 1. The van der Waals surface area contributed by atoms with Gasteiger partial charge in [0.1, 0.15) is 23.3 Å². The molecule has 18 heavy (non-hydrogen) atoms. The number of aryl methyl sites for hydroxylation is 1. The van der Waals surface area contributed by atoms with E-state index in [1.165, 1.54) is 13.8 Å². The first-order valence-corrected chi connectivity index (χ1v) is 5.32. The van der Waals surface area contributed by atoms with Crippen molar-refractivity contribution in [3.05, 3.63) is 58.7 Å². The summed E-state index contributed by atoms with van der Waals surface area (Å²) in [5, 5.41) is 0. The summed E-state index contributed by atoms with van der Waals surface area (Å²) in [4.78, 5) is 0. The Morgan fingerprint density at radius 2 is 1.11 bits per heavy atom. The van der Waals surface area contributed by atoms with E-state index in [9.17, 15) is 17.6 Å². The zero-order valence-corrected chi connectivity index (χ0v) is 9.82. The maximum Gasteiger partial charge on any atom is 0.134 e. The summed E-state index contributed by atoms with van der Waals surface area (Å²) in [6.45, 7) is 2.79. The predicted molar refractivity (Wildman–Crippen MR) is 61.2 cm³/mol. The van der Waals surface area contributed by atoms with E-state index >= 15 is 0 Å². The lowest BCUT2D eigenvalue weighted by Gasteiger charge is -2.08. The first-order valence-electron chi connectivity index (χ1n) is 5.32. The first-order chi connectivity index (χ1) is 8.40. The second-order valence-corrected chi connectivity index (χ2v) is 4.17. The fraction of sp³-hybridized carbons (Fsp3) is 0.143. The standard InChI is InChI=1S/C14H10F4/c1-7-3-12(17)14(13(18)4-7)9-5-10(15)8(2)11(16)6-9/h3-6H,1-2H3. The Bertz CT molecular complexity index is 571.